The number of rotatable bonds is 3. The summed E-state index contributed by atoms with van der Waals surface area (Å²) in [6.45, 7) is 0. The van der Waals surface area contributed by atoms with Gasteiger partial charge in [-0.25, -0.2) is 14.2 Å². The van der Waals surface area contributed by atoms with E-state index in [0.29, 0.717) is 16.8 Å². The predicted octanol–water partition coefficient (Wildman–Crippen LogP) is 4.58. The quantitative estimate of drug-likeness (QED) is 0.497. The van der Waals surface area contributed by atoms with Gasteiger partial charge in [0.2, 0.25) is 0 Å². The van der Waals surface area contributed by atoms with Gasteiger partial charge in [0.05, 0.1) is 16.8 Å². The topological polar surface area (TPSA) is 63.6 Å². The van der Waals surface area contributed by atoms with Crippen molar-refractivity contribution in [3.05, 3.63) is 101 Å². The number of aromatic amines is 1. The van der Waals surface area contributed by atoms with Crippen LogP contribution >= 0.6 is 0 Å². The van der Waals surface area contributed by atoms with E-state index in [-0.39, 0.29) is 16.9 Å². The van der Waals surface area contributed by atoms with Gasteiger partial charge in [0, 0.05) is 11.1 Å². The molecule has 2 heterocycles. The standard InChI is InChI=1S/C23H15FN4O/c24-17-11-13-18(14-12-17)28-22(16-9-5-2-6-10-16)19-20(15-7-3-1-4-8-15)25-26-23(29)21(19)27-28/h1-14H,(H,26,29). The van der Waals surface area contributed by atoms with Gasteiger partial charge in [0.1, 0.15) is 11.5 Å². The molecule has 5 aromatic rings. The lowest BCUT2D eigenvalue weighted by Crippen LogP contribution is -2.09. The summed E-state index contributed by atoms with van der Waals surface area (Å²) in [7, 11) is 0. The summed E-state index contributed by atoms with van der Waals surface area (Å²) >= 11 is 0. The van der Waals surface area contributed by atoms with Crippen molar-refractivity contribution in [3.8, 4) is 28.2 Å². The minimum atomic E-state index is -0.377. The van der Waals surface area contributed by atoms with Crippen molar-refractivity contribution < 1.29 is 4.39 Å². The fourth-order valence-electron chi connectivity index (χ4n) is 3.45. The molecule has 0 aliphatic heterocycles. The van der Waals surface area contributed by atoms with E-state index >= 15 is 0 Å². The van der Waals surface area contributed by atoms with Gasteiger partial charge in [-0.1, -0.05) is 60.7 Å². The monoisotopic (exact) mass is 382 g/mol. The largest absolute Gasteiger partial charge is 0.292 e. The summed E-state index contributed by atoms with van der Waals surface area (Å²) in [6, 6.07) is 25.3. The Morgan fingerprint density at radius 3 is 2.07 bits per heavy atom. The van der Waals surface area contributed by atoms with Gasteiger partial charge < -0.3 is 0 Å². The van der Waals surface area contributed by atoms with Gasteiger partial charge in [-0.15, -0.1) is 0 Å². The van der Waals surface area contributed by atoms with Crippen molar-refractivity contribution in [1.29, 1.82) is 0 Å². The van der Waals surface area contributed by atoms with E-state index in [1.807, 2.05) is 60.7 Å². The summed E-state index contributed by atoms with van der Waals surface area (Å²) in [5.74, 6) is -0.337. The SMILES string of the molecule is O=c1[nH]nc(-c2ccccc2)c2c(-c3ccccc3)n(-c3ccc(F)cc3)nc12. The third kappa shape index (κ3) is 2.91. The summed E-state index contributed by atoms with van der Waals surface area (Å²) in [5.41, 5.74) is 3.66. The van der Waals surface area contributed by atoms with Crippen LogP contribution in [0.25, 0.3) is 39.1 Å². The molecule has 0 saturated carbocycles. The number of hydrogen-bond acceptors (Lipinski definition) is 3. The van der Waals surface area contributed by atoms with Crippen LogP contribution in [0.3, 0.4) is 0 Å². The van der Waals surface area contributed by atoms with Gasteiger partial charge in [0.25, 0.3) is 5.56 Å². The van der Waals surface area contributed by atoms with E-state index < -0.39 is 0 Å². The van der Waals surface area contributed by atoms with Crippen LogP contribution in [0.2, 0.25) is 0 Å². The number of nitrogens with zero attached hydrogens (tertiary/aromatic N) is 3. The fourth-order valence-corrected chi connectivity index (χ4v) is 3.45. The Kier molecular flexibility index (Phi) is 4.02. The van der Waals surface area contributed by atoms with E-state index in [2.05, 4.69) is 15.3 Å². The van der Waals surface area contributed by atoms with Crippen LogP contribution in [0.15, 0.2) is 89.7 Å². The average Bonchev–Trinajstić information content (AvgIpc) is 3.17. The Morgan fingerprint density at radius 1 is 0.793 bits per heavy atom. The first-order valence-electron chi connectivity index (χ1n) is 9.10. The smallest absolute Gasteiger partial charge is 0.265 e. The molecule has 1 N–H and O–H groups in total. The van der Waals surface area contributed by atoms with Crippen LogP contribution in [-0.4, -0.2) is 20.0 Å². The molecule has 0 unspecified atom stereocenters. The summed E-state index contributed by atoms with van der Waals surface area (Å²) in [5, 5.41) is 12.1. The first kappa shape index (κ1) is 17.1. The highest BCUT2D eigenvalue weighted by Gasteiger charge is 2.21. The highest BCUT2D eigenvalue weighted by atomic mass is 19.1. The molecule has 140 valence electrons. The minimum absolute atomic E-state index is 0.280. The molecule has 0 aliphatic rings. The maximum Gasteiger partial charge on any atom is 0.292 e. The van der Waals surface area contributed by atoms with Crippen LogP contribution in [0.4, 0.5) is 4.39 Å². The Hall–Kier alpha value is -4.06. The Labute approximate surface area is 165 Å². The number of aromatic nitrogens is 4. The maximum atomic E-state index is 13.5. The lowest BCUT2D eigenvalue weighted by molar-refractivity contribution is 0.627. The minimum Gasteiger partial charge on any atom is -0.265 e. The molecule has 0 amide bonds. The second-order valence-corrected chi connectivity index (χ2v) is 6.59. The van der Waals surface area contributed by atoms with Crippen molar-refractivity contribution in [2.75, 3.05) is 0 Å². The van der Waals surface area contributed by atoms with Crippen LogP contribution < -0.4 is 5.56 Å². The first-order valence-corrected chi connectivity index (χ1v) is 9.10. The summed E-state index contributed by atoms with van der Waals surface area (Å²) in [4.78, 5) is 12.6. The lowest BCUT2D eigenvalue weighted by Gasteiger charge is -2.09. The van der Waals surface area contributed by atoms with E-state index in [9.17, 15) is 9.18 Å². The Balaban J connectivity index is 1.92. The number of H-pyrrole nitrogens is 1. The van der Waals surface area contributed by atoms with Gasteiger partial charge in [-0.05, 0) is 24.3 Å². The first-order chi connectivity index (χ1) is 14.2. The number of fused-ring (bicyclic) bond motifs is 1. The molecule has 0 spiro atoms. The Morgan fingerprint density at radius 2 is 1.41 bits per heavy atom. The second kappa shape index (κ2) is 6.83. The normalized spacial score (nSPS) is 11.1. The third-order valence-electron chi connectivity index (χ3n) is 4.77. The highest BCUT2D eigenvalue weighted by molar-refractivity contribution is 6.02. The van der Waals surface area contributed by atoms with E-state index in [1.54, 1.807) is 16.8 Å². The average molecular weight is 382 g/mol. The zero-order valence-electron chi connectivity index (χ0n) is 15.2. The molecular formula is C23H15FN4O. The van der Waals surface area contributed by atoms with E-state index in [1.165, 1.54) is 12.1 Å². The van der Waals surface area contributed by atoms with Crippen molar-refractivity contribution in [2.45, 2.75) is 0 Å². The zero-order chi connectivity index (χ0) is 19.8. The fraction of sp³-hybridized carbons (Fsp3) is 0. The van der Waals surface area contributed by atoms with Crippen LogP contribution in [0.1, 0.15) is 0 Å². The molecule has 0 atom stereocenters. The number of nitrogens with one attached hydrogen (secondary N) is 1. The molecule has 29 heavy (non-hydrogen) atoms. The predicted molar refractivity (Wildman–Crippen MR) is 110 cm³/mol. The highest BCUT2D eigenvalue weighted by Crippen LogP contribution is 2.35. The van der Waals surface area contributed by atoms with Crippen molar-refractivity contribution in [1.82, 2.24) is 20.0 Å². The molecule has 3 aromatic carbocycles. The van der Waals surface area contributed by atoms with Gasteiger partial charge in [-0.3, -0.25) is 4.79 Å². The molecule has 0 saturated heterocycles. The van der Waals surface area contributed by atoms with Crippen molar-refractivity contribution >= 4 is 10.9 Å². The molecule has 0 fully saturated rings. The van der Waals surface area contributed by atoms with Gasteiger partial charge >= 0.3 is 0 Å². The second-order valence-electron chi connectivity index (χ2n) is 6.59. The molecule has 5 nitrogen and oxygen atoms in total. The van der Waals surface area contributed by atoms with Crippen molar-refractivity contribution in [3.63, 3.8) is 0 Å². The van der Waals surface area contributed by atoms with Crippen molar-refractivity contribution in [2.24, 2.45) is 0 Å². The molecular weight excluding hydrogens is 367 g/mol. The van der Waals surface area contributed by atoms with Gasteiger partial charge in [0.15, 0.2) is 5.52 Å². The molecule has 6 heteroatoms. The molecule has 0 aliphatic carbocycles. The zero-order valence-corrected chi connectivity index (χ0v) is 15.2. The molecule has 5 rings (SSSR count). The molecule has 0 radical (unpaired) electrons. The van der Waals surface area contributed by atoms with E-state index in [4.69, 9.17) is 0 Å². The van der Waals surface area contributed by atoms with Crippen LogP contribution in [-0.2, 0) is 0 Å². The molecule has 2 aromatic heterocycles. The lowest BCUT2D eigenvalue weighted by atomic mass is 10.0. The van der Waals surface area contributed by atoms with E-state index in [0.717, 1.165) is 16.8 Å². The third-order valence-corrected chi connectivity index (χ3v) is 4.77. The number of hydrogen-bond donors (Lipinski definition) is 1. The van der Waals surface area contributed by atoms with Crippen LogP contribution in [0.5, 0.6) is 0 Å². The summed E-state index contributed by atoms with van der Waals surface area (Å²) < 4.78 is 15.2. The van der Waals surface area contributed by atoms with Gasteiger partial charge in [-0.2, -0.15) is 10.2 Å². The summed E-state index contributed by atoms with van der Waals surface area (Å²) in [6.07, 6.45) is 0. The molecule has 0 bridgehead atoms. The van der Waals surface area contributed by atoms with Crippen LogP contribution in [0, 0.1) is 5.82 Å². The number of benzene rings is 3. The Bertz CT molecular complexity index is 1360. The number of halogens is 1. The maximum absolute atomic E-state index is 13.5.